The first-order valence-corrected chi connectivity index (χ1v) is 12.4. The van der Waals surface area contributed by atoms with Crippen molar-refractivity contribution in [2.75, 3.05) is 6.61 Å². The fourth-order valence-corrected chi connectivity index (χ4v) is 3.82. The molecule has 1 heterocycles. The van der Waals surface area contributed by atoms with Crippen LogP contribution in [0.5, 0.6) is 5.75 Å². The zero-order chi connectivity index (χ0) is 23.3. The topological polar surface area (TPSA) is 35.0 Å². The number of aromatic nitrogens is 2. The molecule has 3 rings (SSSR count). The van der Waals surface area contributed by atoms with Crippen LogP contribution in [0.25, 0.3) is 22.5 Å². The molecular formula is C30H38N2O. The van der Waals surface area contributed by atoms with E-state index in [0.29, 0.717) is 5.92 Å². The van der Waals surface area contributed by atoms with Gasteiger partial charge in [-0.15, -0.1) is 6.58 Å². The second-order valence-electron chi connectivity index (χ2n) is 8.93. The van der Waals surface area contributed by atoms with Crippen LogP contribution < -0.4 is 4.74 Å². The minimum Gasteiger partial charge on any atom is -0.494 e. The third kappa shape index (κ3) is 8.16. The van der Waals surface area contributed by atoms with Crippen LogP contribution in [0.2, 0.25) is 0 Å². The number of ether oxygens (including phenoxy) is 1. The Labute approximate surface area is 200 Å². The summed E-state index contributed by atoms with van der Waals surface area (Å²) in [6.45, 7) is 9.08. The van der Waals surface area contributed by atoms with Gasteiger partial charge in [0, 0.05) is 23.5 Å². The van der Waals surface area contributed by atoms with Crippen molar-refractivity contribution in [2.45, 2.75) is 65.2 Å². The highest BCUT2D eigenvalue weighted by Crippen LogP contribution is 2.23. The zero-order valence-corrected chi connectivity index (χ0v) is 20.3. The summed E-state index contributed by atoms with van der Waals surface area (Å²) in [4.78, 5) is 9.20. The largest absolute Gasteiger partial charge is 0.494 e. The molecule has 0 fully saturated rings. The van der Waals surface area contributed by atoms with Gasteiger partial charge in [0.15, 0.2) is 5.82 Å². The Hall–Kier alpha value is -2.94. The van der Waals surface area contributed by atoms with Crippen molar-refractivity contribution in [3.8, 4) is 28.3 Å². The minimum atomic E-state index is 0.715. The van der Waals surface area contributed by atoms with Crippen molar-refractivity contribution in [2.24, 2.45) is 5.92 Å². The van der Waals surface area contributed by atoms with Crippen LogP contribution in [0.4, 0.5) is 0 Å². The Morgan fingerprint density at radius 1 is 0.818 bits per heavy atom. The maximum Gasteiger partial charge on any atom is 0.159 e. The van der Waals surface area contributed by atoms with Gasteiger partial charge in [-0.1, -0.05) is 69.9 Å². The molecule has 0 aliphatic heterocycles. The summed E-state index contributed by atoms with van der Waals surface area (Å²) in [5, 5.41) is 0. The molecule has 0 bridgehead atoms. The van der Waals surface area contributed by atoms with Gasteiger partial charge in [0.05, 0.1) is 6.61 Å². The quantitative estimate of drug-likeness (QED) is 0.186. The van der Waals surface area contributed by atoms with Gasteiger partial charge in [0.2, 0.25) is 0 Å². The predicted octanol–water partition coefficient (Wildman–Crippen LogP) is 8.30. The maximum atomic E-state index is 5.89. The van der Waals surface area contributed by atoms with E-state index < -0.39 is 0 Å². The van der Waals surface area contributed by atoms with E-state index in [0.717, 1.165) is 54.1 Å². The minimum absolute atomic E-state index is 0.715. The van der Waals surface area contributed by atoms with Crippen LogP contribution in [-0.2, 0) is 6.42 Å². The van der Waals surface area contributed by atoms with Gasteiger partial charge >= 0.3 is 0 Å². The second-order valence-corrected chi connectivity index (χ2v) is 8.93. The second kappa shape index (κ2) is 13.6. The third-order valence-electron chi connectivity index (χ3n) is 6.15. The molecule has 174 valence electrons. The van der Waals surface area contributed by atoms with Crippen molar-refractivity contribution < 1.29 is 4.74 Å². The molecule has 1 atom stereocenters. The fraction of sp³-hybridized carbons (Fsp3) is 0.400. The van der Waals surface area contributed by atoms with E-state index in [1.807, 2.05) is 42.7 Å². The molecule has 33 heavy (non-hydrogen) atoms. The average molecular weight is 443 g/mol. The van der Waals surface area contributed by atoms with E-state index in [2.05, 4.69) is 54.7 Å². The molecule has 3 heteroatoms. The monoisotopic (exact) mass is 442 g/mol. The van der Waals surface area contributed by atoms with Gasteiger partial charge in [-0.25, -0.2) is 9.97 Å². The van der Waals surface area contributed by atoms with E-state index in [4.69, 9.17) is 4.74 Å². The lowest BCUT2D eigenvalue weighted by atomic mass is 9.97. The zero-order valence-electron chi connectivity index (χ0n) is 20.3. The first kappa shape index (κ1) is 24.7. The Morgan fingerprint density at radius 3 is 2.12 bits per heavy atom. The van der Waals surface area contributed by atoms with Crippen LogP contribution in [0, 0.1) is 5.92 Å². The highest BCUT2D eigenvalue weighted by molar-refractivity contribution is 5.64. The lowest BCUT2D eigenvalue weighted by Crippen LogP contribution is -1.98. The van der Waals surface area contributed by atoms with E-state index in [1.165, 1.54) is 37.7 Å². The fourth-order valence-electron chi connectivity index (χ4n) is 3.82. The van der Waals surface area contributed by atoms with E-state index >= 15 is 0 Å². The van der Waals surface area contributed by atoms with Gasteiger partial charge in [0.25, 0.3) is 0 Å². The molecule has 2 aromatic carbocycles. The Kier molecular flexibility index (Phi) is 10.2. The molecular weight excluding hydrogens is 404 g/mol. The summed E-state index contributed by atoms with van der Waals surface area (Å²) in [7, 11) is 0. The maximum absolute atomic E-state index is 5.89. The Bertz CT molecular complexity index is 946. The van der Waals surface area contributed by atoms with Crippen LogP contribution >= 0.6 is 0 Å². The summed E-state index contributed by atoms with van der Waals surface area (Å²) in [5.41, 5.74) is 4.58. The average Bonchev–Trinajstić information content (AvgIpc) is 2.86. The standard InChI is InChI=1S/C30H38N2O/c1-4-6-7-8-9-10-11-20-33-29-18-16-27(17-19-29)30-31-22-28(23-32-30)26-14-12-25(13-15-26)21-24(3)5-2/h4,12-19,22-24H,1,5-11,20-21H2,2-3H3/t24-/m0/s1. The van der Waals surface area contributed by atoms with Gasteiger partial charge < -0.3 is 4.74 Å². The molecule has 0 amide bonds. The Morgan fingerprint density at radius 2 is 1.45 bits per heavy atom. The van der Waals surface area contributed by atoms with Crippen molar-refractivity contribution >= 4 is 0 Å². The van der Waals surface area contributed by atoms with Crippen molar-refractivity contribution in [3.63, 3.8) is 0 Å². The van der Waals surface area contributed by atoms with Gasteiger partial charge in [-0.2, -0.15) is 0 Å². The lowest BCUT2D eigenvalue weighted by Gasteiger charge is -2.09. The van der Waals surface area contributed by atoms with Gasteiger partial charge in [-0.05, 0) is 67.0 Å². The smallest absolute Gasteiger partial charge is 0.159 e. The lowest BCUT2D eigenvalue weighted by molar-refractivity contribution is 0.304. The molecule has 0 N–H and O–H groups in total. The number of nitrogens with zero attached hydrogens (tertiary/aromatic N) is 2. The van der Waals surface area contributed by atoms with E-state index in [9.17, 15) is 0 Å². The molecule has 0 spiro atoms. The normalized spacial score (nSPS) is 11.8. The highest BCUT2D eigenvalue weighted by Gasteiger charge is 2.06. The van der Waals surface area contributed by atoms with Crippen LogP contribution in [0.15, 0.2) is 73.6 Å². The summed E-state index contributed by atoms with van der Waals surface area (Å²) >= 11 is 0. The van der Waals surface area contributed by atoms with E-state index in [1.54, 1.807) is 0 Å². The molecule has 1 aromatic heterocycles. The number of hydrogen-bond acceptors (Lipinski definition) is 3. The number of rotatable bonds is 14. The molecule has 0 unspecified atom stereocenters. The van der Waals surface area contributed by atoms with Crippen molar-refractivity contribution in [3.05, 3.63) is 79.1 Å². The number of allylic oxidation sites excluding steroid dienone is 1. The molecule has 0 aliphatic carbocycles. The number of benzene rings is 2. The van der Waals surface area contributed by atoms with E-state index in [-0.39, 0.29) is 0 Å². The van der Waals surface area contributed by atoms with Crippen LogP contribution in [0.3, 0.4) is 0 Å². The van der Waals surface area contributed by atoms with Gasteiger partial charge in [0.1, 0.15) is 5.75 Å². The Balaban J connectivity index is 1.48. The highest BCUT2D eigenvalue weighted by atomic mass is 16.5. The van der Waals surface area contributed by atoms with Crippen LogP contribution in [0.1, 0.15) is 64.4 Å². The first-order valence-electron chi connectivity index (χ1n) is 12.4. The summed E-state index contributed by atoms with van der Waals surface area (Å²) in [6, 6.07) is 16.9. The van der Waals surface area contributed by atoms with Gasteiger partial charge in [-0.3, -0.25) is 0 Å². The van der Waals surface area contributed by atoms with Crippen LogP contribution in [-0.4, -0.2) is 16.6 Å². The molecule has 3 nitrogen and oxygen atoms in total. The molecule has 0 saturated carbocycles. The molecule has 3 aromatic rings. The molecule has 0 saturated heterocycles. The SMILES string of the molecule is C=CCCCCCCCOc1ccc(-c2ncc(-c3ccc(C[C@@H](C)CC)cc3)cn2)cc1. The first-order chi connectivity index (χ1) is 16.2. The van der Waals surface area contributed by atoms with Crippen molar-refractivity contribution in [1.29, 1.82) is 0 Å². The molecule has 0 radical (unpaired) electrons. The summed E-state index contributed by atoms with van der Waals surface area (Å²) in [5.74, 6) is 2.35. The number of unbranched alkanes of at least 4 members (excludes halogenated alkanes) is 5. The number of hydrogen-bond donors (Lipinski definition) is 0. The molecule has 0 aliphatic rings. The summed E-state index contributed by atoms with van der Waals surface area (Å²) < 4.78 is 5.89. The van der Waals surface area contributed by atoms with Crippen molar-refractivity contribution in [1.82, 2.24) is 9.97 Å². The predicted molar refractivity (Wildman–Crippen MR) is 139 cm³/mol. The third-order valence-corrected chi connectivity index (χ3v) is 6.15. The summed E-state index contributed by atoms with van der Waals surface area (Å²) in [6.07, 6.45) is 15.4.